The quantitative estimate of drug-likeness (QED) is 0.757. The summed E-state index contributed by atoms with van der Waals surface area (Å²) in [6, 6.07) is 8.15. The van der Waals surface area contributed by atoms with Crippen LogP contribution in [0.25, 0.3) is 11.3 Å². The Labute approximate surface area is 93.3 Å². The van der Waals surface area contributed by atoms with Crippen LogP contribution in [0.5, 0.6) is 0 Å². The summed E-state index contributed by atoms with van der Waals surface area (Å²) in [5.41, 5.74) is 5.03. The molecule has 1 aromatic carbocycles. The van der Waals surface area contributed by atoms with E-state index >= 15 is 0 Å². The molecule has 0 saturated carbocycles. The average molecular weight is 219 g/mol. The van der Waals surface area contributed by atoms with Crippen LogP contribution in [-0.2, 0) is 13.1 Å². The summed E-state index contributed by atoms with van der Waals surface area (Å²) >= 11 is 6.10. The van der Waals surface area contributed by atoms with Gasteiger partial charge in [-0.15, -0.1) is 0 Å². The van der Waals surface area contributed by atoms with E-state index in [1.54, 1.807) is 0 Å². The largest absolute Gasteiger partial charge is 0.361 e. The van der Waals surface area contributed by atoms with Crippen LogP contribution in [0.2, 0.25) is 5.02 Å². The lowest BCUT2D eigenvalue weighted by atomic mass is 10.0. The lowest BCUT2D eigenvalue weighted by molar-refractivity contribution is 0.765. The molecule has 3 heteroatoms. The van der Waals surface area contributed by atoms with Crippen molar-refractivity contribution in [3.63, 3.8) is 0 Å². The summed E-state index contributed by atoms with van der Waals surface area (Å²) in [7, 11) is 0. The van der Waals surface area contributed by atoms with E-state index in [2.05, 4.69) is 16.4 Å². The van der Waals surface area contributed by atoms with Crippen molar-refractivity contribution in [3.8, 4) is 11.3 Å². The van der Waals surface area contributed by atoms with Crippen LogP contribution < -0.4 is 5.32 Å². The van der Waals surface area contributed by atoms with Gasteiger partial charge in [0.15, 0.2) is 0 Å². The number of nitrogens with one attached hydrogen (secondary N) is 2. The van der Waals surface area contributed by atoms with Gasteiger partial charge in [-0.1, -0.05) is 11.6 Å². The van der Waals surface area contributed by atoms with Crippen LogP contribution in [0, 0.1) is 0 Å². The Morgan fingerprint density at radius 2 is 2.13 bits per heavy atom. The molecule has 1 aliphatic heterocycles. The van der Waals surface area contributed by atoms with Crippen molar-refractivity contribution < 1.29 is 0 Å². The number of rotatable bonds is 1. The molecule has 76 valence electrons. The number of benzene rings is 1. The molecule has 2 N–H and O–H groups in total. The number of hydrogen-bond acceptors (Lipinski definition) is 1. The minimum absolute atomic E-state index is 0.807. The number of hydrogen-bond donors (Lipinski definition) is 2. The van der Waals surface area contributed by atoms with Crippen molar-refractivity contribution >= 4 is 11.6 Å². The van der Waals surface area contributed by atoms with Gasteiger partial charge in [0.25, 0.3) is 0 Å². The van der Waals surface area contributed by atoms with Crippen molar-refractivity contribution in [3.05, 3.63) is 46.6 Å². The van der Waals surface area contributed by atoms with Crippen molar-refractivity contribution in [1.29, 1.82) is 0 Å². The zero-order chi connectivity index (χ0) is 10.3. The van der Waals surface area contributed by atoms with Crippen LogP contribution >= 0.6 is 11.6 Å². The standard InChI is InChI=1S/C12H11ClN2/c13-9-4-8-6-14-7-11(8)10(5-9)12-2-1-3-15-12/h1-5,14-15H,6-7H2. The minimum atomic E-state index is 0.807. The summed E-state index contributed by atoms with van der Waals surface area (Å²) in [6.07, 6.45) is 1.94. The Balaban J connectivity index is 2.23. The Hall–Kier alpha value is -1.25. The lowest BCUT2D eigenvalue weighted by Gasteiger charge is -2.07. The minimum Gasteiger partial charge on any atom is -0.361 e. The summed E-state index contributed by atoms with van der Waals surface area (Å²) in [5.74, 6) is 0. The Bertz CT molecular complexity index is 489. The third-order valence-electron chi connectivity index (χ3n) is 2.81. The number of fused-ring (bicyclic) bond motifs is 1. The first-order chi connectivity index (χ1) is 7.34. The first-order valence-corrected chi connectivity index (χ1v) is 5.38. The predicted molar refractivity (Wildman–Crippen MR) is 61.8 cm³/mol. The van der Waals surface area contributed by atoms with Gasteiger partial charge < -0.3 is 10.3 Å². The molecule has 0 atom stereocenters. The van der Waals surface area contributed by atoms with Crippen molar-refractivity contribution in [2.75, 3.05) is 0 Å². The maximum atomic E-state index is 6.10. The Morgan fingerprint density at radius 1 is 1.20 bits per heavy atom. The molecule has 3 rings (SSSR count). The van der Waals surface area contributed by atoms with Crippen molar-refractivity contribution in [1.82, 2.24) is 10.3 Å². The highest BCUT2D eigenvalue weighted by Crippen LogP contribution is 2.31. The first kappa shape index (κ1) is 9.01. The molecule has 2 aromatic rings. The van der Waals surface area contributed by atoms with E-state index in [-0.39, 0.29) is 0 Å². The van der Waals surface area contributed by atoms with Gasteiger partial charge in [0, 0.05) is 35.6 Å². The normalized spacial score (nSPS) is 14.2. The molecule has 0 bridgehead atoms. The van der Waals surface area contributed by atoms with Crippen molar-refractivity contribution in [2.24, 2.45) is 0 Å². The van der Waals surface area contributed by atoms with E-state index < -0.39 is 0 Å². The smallest absolute Gasteiger partial charge is 0.0457 e. The van der Waals surface area contributed by atoms with Crippen LogP contribution in [-0.4, -0.2) is 4.98 Å². The van der Waals surface area contributed by atoms with E-state index in [4.69, 9.17) is 11.6 Å². The van der Waals surface area contributed by atoms with E-state index in [0.29, 0.717) is 0 Å². The SMILES string of the molecule is Clc1cc2c(c(-c3ccc[nH]3)c1)CNC2. The van der Waals surface area contributed by atoms with E-state index in [1.165, 1.54) is 16.7 Å². The van der Waals surface area contributed by atoms with Gasteiger partial charge >= 0.3 is 0 Å². The summed E-state index contributed by atoms with van der Waals surface area (Å²) in [6.45, 7) is 1.85. The molecule has 15 heavy (non-hydrogen) atoms. The molecule has 0 saturated heterocycles. The van der Waals surface area contributed by atoms with Crippen LogP contribution in [0.3, 0.4) is 0 Å². The van der Waals surface area contributed by atoms with Gasteiger partial charge in [-0.25, -0.2) is 0 Å². The third-order valence-corrected chi connectivity index (χ3v) is 3.03. The molecule has 0 fully saturated rings. The molecule has 2 nitrogen and oxygen atoms in total. The molecule has 0 radical (unpaired) electrons. The molecule has 0 unspecified atom stereocenters. The van der Waals surface area contributed by atoms with Gasteiger partial charge in [0.05, 0.1) is 0 Å². The van der Waals surface area contributed by atoms with Crippen LogP contribution in [0.1, 0.15) is 11.1 Å². The fourth-order valence-corrected chi connectivity index (χ4v) is 2.36. The topological polar surface area (TPSA) is 27.8 Å². The van der Waals surface area contributed by atoms with E-state index in [1.807, 2.05) is 24.4 Å². The Kier molecular flexibility index (Phi) is 2.04. The summed E-state index contributed by atoms with van der Waals surface area (Å²) in [4.78, 5) is 3.22. The molecule has 2 heterocycles. The maximum absolute atomic E-state index is 6.10. The van der Waals surface area contributed by atoms with Crippen LogP contribution in [0.4, 0.5) is 0 Å². The van der Waals surface area contributed by atoms with Gasteiger partial charge in [0.2, 0.25) is 0 Å². The number of H-pyrrole nitrogens is 1. The number of halogens is 1. The first-order valence-electron chi connectivity index (χ1n) is 5.00. The molecule has 0 spiro atoms. The van der Waals surface area contributed by atoms with Gasteiger partial charge in [-0.05, 0) is 35.4 Å². The molecule has 1 aromatic heterocycles. The second-order valence-electron chi connectivity index (χ2n) is 3.78. The Morgan fingerprint density at radius 3 is 2.93 bits per heavy atom. The molecular weight excluding hydrogens is 208 g/mol. The summed E-state index contributed by atoms with van der Waals surface area (Å²) in [5, 5.41) is 4.15. The van der Waals surface area contributed by atoms with Gasteiger partial charge in [-0.2, -0.15) is 0 Å². The van der Waals surface area contributed by atoms with E-state index in [9.17, 15) is 0 Å². The molecular formula is C12H11ClN2. The zero-order valence-electron chi connectivity index (χ0n) is 8.18. The average Bonchev–Trinajstić information content (AvgIpc) is 2.86. The number of aromatic amines is 1. The molecule has 1 aliphatic rings. The number of aromatic nitrogens is 1. The third kappa shape index (κ3) is 1.46. The molecule has 0 amide bonds. The predicted octanol–water partition coefficient (Wildman–Crippen LogP) is 2.94. The second kappa shape index (κ2) is 3.40. The summed E-state index contributed by atoms with van der Waals surface area (Å²) < 4.78 is 0. The fraction of sp³-hybridized carbons (Fsp3) is 0.167. The highest BCUT2D eigenvalue weighted by Gasteiger charge is 2.16. The highest BCUT2D eigenvalue weighted by molar-refractivity contribution is 6.31. The lowest BCUT2D eigenvalue weighted by Crippen LogP contribution is -2.00. The second-order valence-corrected chi connectivity index (χ2v) is 4.21. The fourth-order valence-electron chi connectivity index (χ4n) is 2.12. The van der Waals surface area contributed by atoms with E-state index in [0.717, 1.165) is 23.8 Å². The van der Waals surface area contributed by atoms with Crippen molar-refractivity contribution in [2.45, 2.75) is 13.1 Å². The molecule has 0 aliphatic carbocycles. The van der Waals surface area contributed by atoms with Gasteiger partial charge in [0.1, 0.15) is 0 Å². The monoisotopic (exact) mass is 218 g/mol. The zero-order valence-corrected chi connectivity index (χ0v) is 8.93. The van der Waals surface area contributed by atoms with Gasteiger partial charge in [-0.3, -0.25) is 0 Å². The maximum Gasteiger partial charge on any atom is 0.0457 e. The van der Waals surface area contributed by atoms with Crippen LogP contribution in [0.15, 0.2) is 30.5 Å². The highest BCUT2D eigenvalue weighted by atomic mass is 35.5.